The van der Waals surface area contributed by atoms with E-state index in [1.807, 2.05) is 30.3 Å². The van der Waals surface area contributed by atoms with Gasteiger partial charge in [0, 0.05) is 12.1 Å². The van der Waals surface area contributed by atoms with Gasteiger partial charge in [0.2, 0.25) is 5.91 Å². The predicted octanol–water partition coefficient (Wildman–Crippen LogP) is 4.88. The predicted molar refractivity (Wildman–Crippen MR) is 121 cm³/mol. The highest BCUT2D eigenvalue weighted by atomic mass is 32.2. The van der Waals surface area contributed by atoms with Crippen molar-refractivity contribution >= 4 is 17.7 Å². The molecule has 1 aliphatic carbocycles. The molecule has 3 aromatic rings. The van der Waals surface area contributed by atoms with E-state index in [-0.39, 0.29) is 11.9 Å². The highest BCUT2D eigenvalue weighted by Crippen LogP contribution is 2.47. The third kappa shape index (κ3) is 4.43. The Hall–Kier alpha value is -2.60. The summed E-state index contributed by atoms with van der Waals surface area (Å²) in [6.45, 7) is 7.16. The summed E-state index contributed by atoms with van der Waals surface area (Å²) in [6.07, 6.45) is 1.16. The topological polar surface area (TPSA) is 59.8 Å². The number of nitrogens with one attached hydrogen (secondary N) is 1. The number of nitrogens with zero attached hydrogens (tertiary/aromatic N) is 3. The summed E-state index contributed by atoms with van der Waals surface area (Å²) in [7, 11) is 0. The van der Waals surface area contributed by atoms with Crippen LogP contribution in [0.4, 0.5) is 0 Å². The van der Waals surface area contributed by atoms with Gasteiger partial charge in [-0.15, -0.1) is 10.2 Å². The van der Waals surface area contributed by atoms with Crippen molar-refractivity contribution in [2.45, 2.75) is 44.9 Å². The van der Waals surface area contributed by atoms with E-state index in [1.165, 1.54) is 17.3 Å². The summed E-state index contributed by atoms with van der Waals surface area (Å²) >= 11 is 1.45. The zero-order chi connectivity index (χ0) is 21.1. The number of hydrogen-bond acceptors (Lipinski definition) is 4. The molecule has 1 saturated carbocycles. The van der Waals surface area contributed by atoms with Crippen molar-refractivity contribution in [2.75, 3.05) is 5.75 Å². The third-order valence-corrected chi connectivity index (χ3v) is 6.79. The fourth-order valence-electron chi connectivity index (χ4n) is 3.96. The van der Waals surface area contributed by atoms with Gasteiger partial charge in [0.05, 0.1) is 11.8 Å². The van der Waals surface area contributed by atoms with Gasteiger partial charge in [0.25, 0.3) is 0 Å². The van der Waals surface area contributed by atoms with Crippen LogP contribution in [0.2, 0.25) is 0 Å². The van der Waals surface area contributed by atoms with Crippen molar-refractivity contribution in [3.8, 4) is 11.4 Å². The van der Waals surface area contributed by atoms with Gasteiger partial charge in [0.15, 0.2) is 11.0 Å². The maximum Gasteiger partial charge on any atom is 0.230 e. The molecular weight excluding hydrogens is 392 g/mol. The fourth-order valence-corrected chi connectivity index (χ4v) is 4.78. The Morgan fingerprint density at radius 3 is 2.53 bits per heavy atom. The van der Waals surface area contributed by atoms with E-state index < -0.39 is 0 Å². The molecular formula is C24H28N4OS. The molecule has 6 heteroatoms. The van der Waals surface area contributed by atoms with Crippen LogP contribution in [0.1, 0.15) is 37.4 Å². The molecule has 1 N–H and O–H groups in total. The fraction of sp³-hybridized carbons (Fsp3) is 0.375. The Bertz CT molecular complexity index is 1020. The van der Waals surface area contributed by atoms with E-state index in [9.17, 15) is 4.79 Å². The maximum absolute atomic E-state index is 12.8. The van der Waals surface area contributed by atoms with E-state index in [1.54, 1.807) is 0 Å². The molecule has 3 unspecified atom stereocenters. The molecule has 0 spiro atoms. The van der Waals surface area contributed by atoms with Crippen molar-refractivity contribution in [3.05, 3.63) is 65.7 Å². The number of thioether (sulfide) groups is 1. The molecule has 3 atom stereocenters. The number of aromatic nitrogens is 3. The lowest BCUT2D eigenvalue weighted by molar-refractivity contribution is -0.119. The zero-order valence-electron chi connectivity index (χ0n) is 17.7. The first-order valence-electron chi connectivity index (χ1n) is 10.5. The molecule has 1 amide bonds. The van der Waals surface area contributed by atoms with Crippen molar-refractivity contribution in [1.29, 1.82) is 0 Å². The first-order chi connectivity index (χ1) is 14.6. The summed E-state index contributed by atoms with van der Waals surface area (Å²) in [6, 6.07) is 18.5. The van der Waals surface area contributed by atoms with Gasteiger partial charge in [-0.1, -0.05) is 73.3 Å². The lowest BCUT2D eigenvalue weighted by atomic mass is 10.0. The average molecular weight is 421 g/mol. The van der Waals surface area contributed by atoms with E-state index >= 15 is 0 Å². The standard InChI is InChI=1S/C24H28N4OS/c1-4-28-23(19-13-9-8-10-16(19)2)26-27-24(28)30-15-21(29)25-22(20-14-17(20)3)18-11-6-5-7-12-18/h5-13,17,20,22H,4,14-15H2,1-3H3,(H,25,29). The van der Waals surface area contributed by atoms with Crippen molar-refractivity contribution in [2.24, 2.45) is 11.8 Å². The molecule has 1 aliphatic rings. The normalized spacial score (nSPS) is 18.8. The number of hydrogen-bond donors (Lipinski definition) is 1. The minimum Gasteiger partial charge on any atom is -0.348 e. The molecule has 1 aromatic heterocycles. The number of carbonyl (C=O) groups is 1. The Balaban J connectivity index is 1.44. The van der Waals surface area contributed by atoms with Crippen LogP contribution >= 0.6 is 11.8 Å². The molecule has 0 bridgehead atoms. The molecule has 1 heterocycles. The van der Waals surface area contributed by atoms with Gasteiger partial charge >= 0.3 is 0 Å². The smallest absolute Gasteiger partial charge is 0.230 e. The van der Waals surface area contributed by atoms with Gasteiger partial charge < -0.3 is 9.88 Å². The molecule has 2 aromatic carbocycles. The number of rotatable bonds is 8. The molecule has 1 fully saturated rings. The van der Waals surface area contributed by atoms with Crippen LogP contribution in [0.5, 0.6) is 0 Å². The summed E-state index contributed by atoms with van der Waals surface area (Å²) < 4.78 is 2.08. The largest absolute Gasteiger partial charge is 0.348 e. The van der Waals surface area contributed by atoms with Crippen LogP contribution < -0.4 is 5.32 Å². The monoisotopic (exact) mass is 420 g/mol. The quantitative estimate of drug-likeness (QED) is 0.528. The van der Waals surface area contributed by atoms with E-state index in [0.29, 0.717) is 17.6 Å². The average Bonchev–Trinajstić information content (AvgIpc) is 3.34. The van der Waals surface area contributed by atoms with Crippen LogP contribution in [0, 0.1) is 18.8 Å². The van der Waals surface area contributed by atoms with Gasteiger partial charge in [-0.2, -0.15) is 0 Å². The summed E-state index contributed by atoms with van der Waals surface area (Å²) in [5.41, 5.74) is 3.43. The number of aryl methyl sites for hydroxylation is 1. The summed E-state index contributed by atoms with van der Waals surface area (Å²) in [5, 5.41) is 12.8. The summed E-state index contributed by atoms with van der Waals surface area (Å²) in [5.74, 6) is 2.40. The van der Waals surface area contributed by atoms with Crippen LogP contribution in [-0.2, 0) is 11.3 Å². The second-order valence-corrected chi connectivity index (χ2v) is 8.93. The zero-order valence-corrected chi connectivity index (χ0v) is 18.5. The second-order valence-electron chi connectivity index (χ2n) is 7.99. The van der Waals surface area contributed by atoms with Gasteiger partial charge in [0.1, 0.15) is 0 Å². The minimum atomic E-state index is 0.0380. The molecule has 156 valence electrons. The Morgan fingerprint density at radius 2 is 1.87 bits per heavy atom. The van der Waals surface area contributed by atoms with Gasteiger partial charge in [-0.25, -0.2) is 0 Å². The second kappa shape index (κ2) is 9.04. The molecule has 0 radical (unpaired) electrons. The Morgan fingerprint density at radius 1 is 1.17 bits per heavy atom. The van der Waals surface area contributed by atoms with Crippen molar-refractivity contribution in [3.63, 3.8) is 0 Å². The van der Waals surface area contributed by atoms with Crippen molar-refractivity contribution < 1.29 is 4.79 Å². The van der Waals surface area contributed by atoms with E-state index in [4.69, 9.17) is 0 Å². The first-order valence-corrected chi connectivity index (χ1v) is 11.5. The number of benzene rings is 2. The van der Waals surface area contributed by atoms with Crippen LogP contribution in [0.3, 0.4) is 0 Å². The van der Waals surface area contributed by atoms with Crippen molar-refractivity contribution in [1.82, 2.24) is 20.1 Å². The SMILES string of the molecule is CCn1c(SCC(=O)NC(c2ccccc2)C2CC2C)nnc1-c1ccccc1C. The Labute approximate surface area is 182 Å². The van der Waals surface area contributed by atoms with Gasteiger partial charge in [-0.3, -0.25) is 4.79 Å². The summed E-state index contributed by atoms with van der Waals surface area (Å²) in [4.78, 5) is 12.8. The molecule has 0 aliphatic heterocycles. The number of carbonyl (C=O) groups excluding carboxylic acids is 1. The highest BCUT2D eigenvalue weighted by molar-refractivity contribution is 7.99. The Kier molecular flexibility index (Phi) is 6.23. The van der Waals surface area contributed by atoms with Gasteiger partial charge in [-0.05, 0) is 43.2 Å². The first kappa shape index (κ1) is 20.7. The molecule has 30 heavy (non-hydrogen) atoms. The number of amides is 1. The maximum atomic E-state index is 12.8. The van der Waals surface area contributed by atoms with Crippen LogP contribution in [0.15, 0.2) is 59.8 Å². The molecule has 5 nitrogen and oxygen atoms in total. The lowest BCUT2D eigenvalue weighted by Gasteiger charge is -2.19. The van der Waals surface area contributed by atoms with E-state index in [0.717, 1.165) is 35.1 Å². The lowest BCUT2D eigenvalue weighted by Crippen LogP contribution is -2.31. The van der Waals surface area contributed by atoms with E-state index in [2.05, 4.69) is 65.1 Å². The third-order valence-electron chi connectivity index (χ3n) is 5.83. The highest BCUT2D eigenvalue weighted by Gasteiger charge is 2.40. The van der Waals surface area contributed by atoms with Crippen LogP contribution in [0.25, 0.3) is 11.4 Å². The molecule has 0 saturated heterocycles. The van der Waals surface area contributed by atoms with Crippen LogP contribution in [-0.4, -0.2) is 26.4 Å². The minimum absolute atomic E-state index is 0.0380. The molecule has 4 rings (SSSR count).